The van der Waals surface area contributed by atoms with E-state index in [0.717, 1.165) is 18.8 Å². The Labute approximate surface area is 90.5 Å². The molecule has 15 heavy (non-hydrogen) atoms. The summed E-state index contributed by atoms with van der Waals surface area (Å²) in [6.07, 6.45) is 7.69. The summed E-state index contributed by atoms with van der Waals surface area (Å²) in [4.78, 5) is 8.39. The molecule has 82 valence electrons. The Bertz CT molecular complexity index is 282. The maximum absolute atomic E-state index is 4.30. The molecule has 1 atom stereocenters. The summed E-state index contributed by atoms with van der Waals surface area (Å²) >= 11 is 0. The van der Waals surface area contributed by atoms with Crippen molar-refractivity contribution < 1.29 is 0 Å². The summed E-state index contributed by atoms with van der Waals surface area (Å²) in [5.41, 5.74) is 1.02. The molecule has 4 heteroatoms. The van der Waals surface area contributed by atoms with Gasteiger partial charge in [0.15, 0.2) is 0 Å². The summed E-state index contributed by atoms with van der Waals surface area (Å²) in [6.45, 7) is 4.38. The Balaban J connectivity index is 1.88. The number of rotatable bonds is 3. The quantitative estimate of drug-likeness (QED) is 0.771. The molecule has 1 aromatic heterocycles. The molecule has 2 N–H and O–H groups in total. The average molecular weight is 206 g/mol. The molecule has 1 aliphatic rings. The smallest absolute Gasteiger partial charge is 0.0753 e. The van der Waals surface area contributed by atoms with Crippen molar-refractivity contribution in [2.45, 2.75) is 31.8 Å². The molecular formula is C11H18N4. The second-order valence-electron chi connectivity index (χ2n) is 4.04. The molecule has 2 rings (SSSR count). The average Bonchev–Trinajstić information content (AvgIpc) is 2.31. The van der Waals surface area contributed by atoms with Crippen LogP contribution in [0.2, 0.25) is 0 Å². The molecule has 2 heterocycles. The Morgan fingerprint density at radius 3 is 2.87 bits per heavy atom. The Morgan fingerprint density at radius 1 is 1.40 bits per heavy atom. The fourth-order valence-corrected chi connectivity index (χ4v) is 1.96. The van der Waals surface area contributed by atoms with Crippen LogP contribution in [0.15, 0.2) is 18.6 Å². The van der Waals surface area contributed by atoms with Crippen molar-refractivity contribution in [2.75, 3.05) is 13.1 Å². The molecule has 0 radical (unpaired) electrons. The van der Waals surface area contributed by atoms with Crippen molar-refractivity contribution in [3.8, 4) is 0 Å². The zero-order valence-electron chi connectivity index (χ0n) is 9.11. The van der Waals surface area contributed by atoms with Crippen LogP contribution in [0.25, 0.3) is 0 Å². The topological polar surface area (TPSA) is 49.8 Å². The lowest BCUT2D eigenvalue weighted by Gasteiger charge is -2.26. The van der Waals surface area contributed by atoms with Gasteiger partial charge in [-0.25, -0.2) is 0 Å². The van der Waals surface area contributed by atoms with Crippen molar-refractivity contribution in [1.29, 1.82) is 0 Å². The summed E-state index contributed by atoms with van der Waals surface area (Å²) in [6, 6.07) is 0.907. The zero-order valence-corrected chi connectivity index (χ0v) is 9.11. The molecule has 0 bridgehead atoms. The van der Waals surface area contributed by atoms with Gasteiger partial charge in [0.1, 0.15) is 0 Å². The number of nitrogens with zero attached hydrogens (tertiary/aromatic N) is 2. The molecule has 0 amide bonds. The Morgan fingerprint density at radius 2 is 2.20 bits per heavy atom. The van der Waals surface area contributed by atoms with Crippen LogP contribution >= 0.6 is 0 Å². The predicted octanol–water partition coefficient (Wildman–Crippen LogP) is 0.879. The zero-order chi connectivity index (χ0) is 10.5. The van der Waals surface area contributed by atoms with Gasteiger partial charge in [0.25, 0.3) is 0 Å². The summed E-state index contributed by atoms with van der Waals surface area (Å²) < 4.78 is 0. The van der Waals surface area contributed by atoms with E-state index in [0.29, 0.717) is 12.1 Å². The van der Waals surface area contributed by atoms with Crippen molar-refractivity contribution in [2.24, 2.45) is 0 Å². The molecule has 0 unspecified atom stereocenters. The first-order valence-corrected chi connectivity index (χ1v) is 5.59. The van der Waals surface area contributed by atoms with Gasteiger partial charge in [-0.05, 0) is 32.9 Å². The predicted molar refractivity (Wildman–Crippen MR) is 59.5 cm³/mol. The van der Waals surface area contributed by atoms with Gasteiger partial charge in [-0.3, -0.25) is 9.97 Å². The molecule has 0 aromatic carbocycles. The van der Waals surface area contributed by atoms with Gasteiger partial charge < -0.3 is 10.6 Å². The number of aromatic nitrogens is 2. The van der Waals surface area contributed by atoms with E-state index < -0.39 is 0 Å². The largest absolute Gasteiger partial charge is 0.317 e. The highest BCUT2D eigenvalue weighted by Gasteiger charge is 2.16. The van der Waals surface area contributed by atoms with E-state index in [1.807, 2.05) is 6.20 Å². The normalized spacial score (nSPS) is 20.1. The molecule has 0 aliphatic carbocycles. The van der Waals surface area contributed by atoms with Crippen LogP contribution in [-0.2, 0) is 0 Å². The second kappa shape index (κ2) is 5.19. The minimum Gasteiger partial charge on any atom is -0.317 e. The fourth-order valence-electron chi connectivity index (χ4n) is 1.96. The SMILES string of the molecule is C[C@@H](NC1CCNCC1)c1cnccn1. The highest BCUT2D eigenvalue weighted by molar-refractivity contribution is 5.01. The molecule has 1 fully saturated rings. The Kier molecular flexibility index (Phi) is 3.64. The second-order valence-corrected chi connectivity index (χ2v) is 4.04. The maximum atomic E-state index is 4.30. The summed E-state index contributed by atoms with van der Waals surface area (Å²) in [5, 5.41) is 6.95. The van der Waals surface area contributed by atoms with E-state index in [9.17, 15) is 0 Å². The van der Waals surface area contributed by atoms with E-state index in [1.165, 1.54) is 12.8 Å². The van der Waals surface area contributed by atoms with Crippen molar-refractivity contribution in [3.05, 3.63) is 24.3 Å². The number of piperidine rings is 1. The minimum atomic E-state index is 0.293. The standard InChI is InChI=1S/C11H18N4/c1-9(11-8-13-6-7-14-11)15-10-2-4-12-5-3-10/h6-10,12,15H,2-5H2,1H3/t9-/m1/s1. The monoisotopic (exact) mass is 206 g/mol. The van der Waals surface area contributed by atoms with E-state index in [1.54, 1.807) is 12.4 Å². The highest BCUT2D eigenvalue weighted by Crippen LogP contribution is 2.11. The summed E-state index contributed by atoms with van der Waals surface area (Å²) in [7, 11) is 0. The van der Waals surface area contributed by atoms with Gasteiger partial charge in [0.05, 0.1) is 5.69 Å². The number of hydrogen-bond donors (Lipinski definition) is 2. The maximum Gasteiger partial charge on any atom is 0.0753 e. The lowest BCUT2D eigenvalue weighted by atomic mass is 10.1. The van der Waals surface area contributed by atoms with E-state index in [-0.39, 0.29) is 0 Å². The van der Waals surface area contributed by atoms with E-state index in [4.69, 9.17) is 0 Å². The fraction of sp³-hybridized carbons (Fsp3) is 0.636. The third kappa shape index (κ3) is 2.97. The van der Waals surface area contributed by atoms with Gasteiger partial charge >= 0.3 is 0 Å². The van der Waals surface area contributed by atoms with Crippen LogP contribution in [-0.4, -0.2) is 29.1 Å². The number of nitrogens with one attached hydrogen (secondary N) is 2. The first-order valence-electron chi connectivity index (χ1n) is 5.59. The first-order chi connectivity index (χ1) is 7.36. The molecule has 1 aliphatic heterocycles. The van der Waals surface area contributed by atoms with Gasteiger partial charge in [0.2, 0.25) is 0 Å². The van der Waals surface area contributed by atoms with Gasteiger partial charge in [-0.2, -0.15) is 0 Å². The van der Waals surface area contributed by atoms with Crippen molar-refractivity contribution in [1.82, 2.24) is 20.6 Å². The van der Waals surface area contributed by atoms with Crippen LogP contribution in [0.3, 0.4) is 0 Å². The molecule has 1 aromatic rings. The molecule has 4 nitrogen and oxygen atoms in total. The number of hydrogen-bond acceptors (Lipinski definition) is 4. The Hall–Kier alpha value is -1.00. The third-order valence-electron chi connectivity index (χ3n) is 2.85. The van der Waals surface area contributed by atoms with E-state index in [2.05, 4.69) is 27.5 Å². The molecule has 1 saturated heterocycles. The van der Waals surface area contributed by atoms with Gasteiger partial charge in [-0.1, -0.05) is 0 Å². The minimum absolute atomic E-state index is 0.293. The van der Waals surface area contributed by atoms with Crippen molar-refractivity contribution >= 4 is 0 Å². The van der Waals surface area contributed by atoms with Crippen LogP contribution in [0, 0.1) is 0 Å². The first kappa shape index (κ1) is 10.5. The van der Waals surface area contributed by atoms with Crippen molar-refractivity contribution in [3.63, 3.8) is 0 Å². The van der Waals surface area contributed by atoms with Gasteiger partial charge in [0, 0.05) is 30.7 Å². The lowest BCUT2D eigenvalue weighted by Crippen LogP contribution is -2.41. The van der Waals surface area contributed by atoms with Crippen LogP contribution < -0.4 is 10.6 Å². The third-order valence-corrected chi connectivity index (χ3v) is 2.85. The van der Waals surface area contributed by atoms with Crippen LogP contribution in [0.5, 0.6) is 0 Å². The van der Waals surface area contributed by atoms with Crippen LogP contribution in [0.1, 0.15) is 31.5 Å². The molecule has 0 saturated carbocycles. The van der Waals surface area contributed by atoms with Gasteiger partial charge in [-0.15, -0.1) is 0 Å². The summed E-state index contributed by atoms with van der Waals surface area (Å²) in [5.74, 6) is 0. The lowest BCUT2D eigenvalue weighted by molar-refractivity contribution is 0.356. The molecular weight excluding hydrogens is 188 g/mol. The van der Waals surface area contributed by atoms with E-state index >= 15 is 0 Å². The van der Waals surface area contributed by atoms with Crippen LogP contribution in [0.4, 0.5) is 0 Å². The highest BCUT2D eigenvalue weighted by atomic mass is 15.0. The molecule has 0 spiro atoms.